The standard InChI is InChI=1S/C26H32N2O2/c1-26(2,3)17-25(29)28(18-21-10-6-5-7-11-21)20-23-13-9-15-27(23)19-22-12-8-14-24(16-22)30-4/h5-16H,17-20H2,1-4H3. The van der Waals surface area contributed by atoms with Crippen molar-refractivity contribution in [3.8, 4) is 5.75 Å². The molecule has 0 saturated heterocycles. The number of carbonyl (C=O) groups excluding carboxylic acids is 1. The predicted octanol–water partition coefficient (Wildman–Crippen LogP) is 5.51. The summed E-state index contributed by atoms with van der Waals surface area (Å²) < 4.78 is 7.56. The molecule has 0 aliphatic rings. The first-order chi connectivity index (χ1) is 14.3. The third-order valence-electron chi connectivity index (χ3n) is 5.01. The number of methoxy groups -OCH3 is 1. The molecule has 0 saturated carbocycles. The number of ether oxygens (including phenoxy) is 1. The average molecular weight is 405 g/mol. The van der Waals surface area contributed by atoms with Crippen molar-refractivity contribution in [2.24, 2.45) is 5.41 Å². The van der Waals surface area contributed by atoms with Crippen LogP contribution in [0.25, 0.3) is 0 Å². The number of rotatable bonds is 8. The van der Waals surface area contributed by atoms with Gasteiger partial charge in [-0.2, -0.15) is 0 Å². The number of hydrogen-bond acceptors (Lipinski definition) is 2. The normalized spacial score (nSPS) is 11.3. The van der Waals surface area contributed by atoms with Gasteiger partial charge in [0.25, 0.3) is 0 Å². The zero-order chi connectivity index (χ0) is 21.6. The van der Waals surface area contributed by atoms with Gasteiger partial charge in [0.2, 0.25) is 5.91 Å². The second-order valence-electron chi connectivity index (χ2n) is 8.95. The molecule has 0 aliphatic heterocycles. The minimum absolute atomic E-state index is 0.0470. The van der Waals surface area contributed by atoms with Crippen LogP contribution < -0.4 is 4.74 Å². The molecule has 0 N–H and O–H groups in total. The number of benzene rings is 2. The van der Waals surface area contributed by atoms with Crippen molar-refractivity contribution >= 4 is 5.91 Å². The number of amides is 1. The molecular weight excluding hydrogens is 372 g/mol. The number of aromatic nitrogens is 1. The molecule has 0 aliphatic carbocycles. The Hall–Kier alpha value is -3.01. The van der Waals surface area contributed by atoms with Crippen LogP contribution in [-0.4, -0.2) is 22.5 Å². The summed E-state index contributed by atoms with van der Waals surface area (Å²) in [4.78, 5) is 15.1. The lowest BCUT2D eigenvalue weighted by Gasteiger charge is -2.27. The Morgan fingerprint density at radius 1 is 0.933 bits per heavy atom. The van der Waals surface area contributed by atoms with Crippen LogP contribution in [-0.2, 0) is 24.4 Å². The summed E-state index contributed by atoms with van der Waals surface area (Å²) in [6.45, 7) is 8.26. The molecule has 1 amide bonds. The van der Waals surface area contributed by atoms with Gasteiger partial charge in [-0.25, -0.2) is 0 Å². The minimum Gasteiger partial charge on any atom is -0.497 e. The maximum Gasteiger partial charge on any atom is 0.223 e. The Bertz CT molecular complexity index is 954. The van der Waals surface area contributed by atoms with Crippen molar-refractivity contribution in [2.75, 3.05) is 7.11 Å². The van der Waals surface area contributed by atoms with E-state index >= 15 is 0 Å². The molecule has 1 heterocycles. The van der Waals surface area contributed by atoms with E-state index in [1.165, 1.54) is 5.56 Å². The van der Waals surface area contributed by atoms with Gasteiger partial charge in [0.05, 0.1) is 13.7 Å². The second kappa shape index (κ2) is 9.66. The molecular formula is C26H32N2O2. The lowest BCUT2D eigenvalue weighted by atomic mass is 9.91. The van der Waals surface area contributed by atoms with Crippen LogP contribution >= 0.6 is 0 Å². The number of hydrogen-bond donors (Lipinski definition) is 0. The zero-order valence-electron chi connectivity index (χ0n) is 18.5. The topological polar surface area (TPSA) is 34.5 Å². The Labute approximate surface area is 180 Å². The van der Waals surface area contributed by atoms with Crippen LogP contribution in [0.2, 0.25) is 0 Å². The van der Waals surface area contributed by atoms with E-state index in [4.69, 9.17) is 4.74 Å². The SMILES string of the molecule is COc1cccc(Cn2cccc2CN(Cc2ccccc2)C(=O)CC(C)(C)C)c1. The van der Waals surface area contributed by atoms with Gasteiger partial charge in [0.1, 0.15) is 5.75 Å². The lowest BCUT2D eigenvalue weighted by molar-refractivity contribution is -0.134. The van der Waals surface area contributed by atoms with Crippen molar-refractivity contribution < 1.29 is 9.53 Å². The Morgan fingerprint density at radius 2 is 1.67 bits per heavy atom. The summed E-state index contributed by atoms with van der Waals surface area (Å²) in [6, 6.07) is 22.4. The third kappa shape index (κ3) is 6.24. The van der Waals surface area contributed by atoms with E-state index in [-0.39, 0.29) is 11.3 Å². The summed E-state index contributed by atoms with van der Waals surface area (Å²) in [5.74, 6) is 1.03. The van der Waals surface area contributed by atoms with Crippen molar-refractivity contribution in [1.29, 1.82) is 0 Å². The average Bonchev–Trinajstić information content (AvgIpc) is 3.13. The molecule has 0 spiro atoms. The van der Waals surface area contributed by atoms with Crippen LogP contribution in [0.3, 0.4) is 0 Å². The highest BCUT2D eigenvalue weighted by Gasteiger charge is 2.22. The highest BCUT2D eigenvalue weighted by atomic mass is 16.5. The molecule has 0 radical (unpaired) electrons. The molecule has 4 heteroatoms. The molecule has 0 unspecified atom stereocenters. The molecule has 0 bridgehead atoms. The van der Waals surface area contributed by atoms with Crippen LogP contribution in [0, 0.1) is 5.41 Å². The number of nitrogens with zero attached hydrogens (tertiary/aromatic N) is 2. The summed E-state index contributed by atoms with van der Waals surface area (Å²) in [5, 5.41) is 0. The molecule has 158 valence electrons. The van der Waals surface area contributed by atoms with Crippen molar-refractivity contribution in [1.82, 2.24) is 9.47 Å². The number of carbonyl (C=O) groups is 1. The van der Waals surface area contributed by atoms with E-state index in [9.17, 15) is 4.79 Å². The smallest absolute Gasteiger partial charge is 0.223 e. The quantitative estimate of drug-likeness (QED) is 0.496. The molecule has 4 nitrogen and oxygen atoms in total. The first-order valence-corrected chi connectivity index (χ1v) is 10.4. The van der Waals surface area contributed by atoms with Gasteiger partial charge in [0.15, 0.2) is 0 Å². The van der Waals surface area contributed by atoms with E-state index < -0.39 is 0 Å². The third-order valence-corrected chi connectivity index (χ3v) is 5.01. The highest BCUT2D eigenvalue weighted by molar-refractivity contribution is 5.76. The van der Waals surface area contributed by atoms with E-state index in [2.05, 4.69) is 61.9 Å². The fourth-order valence-electron chi connectivity index (χ4n) is 3.51. The first-order valence-electron chi connectivity index (χ1n) is 10.4. The van der Waals surface area contributed by atoms with E-state index in [1.807, 2.05) is 41.3 Å². The van der Waals surface area contributed by atoms with Gasteiger partial charge in [-0.1, -0.05) is 63.2 Å². The van der Waals surface area contributed by atoms with Crippen LogP contribution in [0.1, 0.15) is 44.0 Å². The molecule has 1 aromatic heterocycles. The molecule has 0 fully saturated rings. The highest BCUT2D eigenvalue weighted by Crippen LogP contribution is 2.22. The molecule has 0 atom stereocenters. The van der Waals surface area contributed by atoms with Crippen LogP contribution in [0.4, 0.5) is 0 Å². The summed E-state index contributed by atoms with van der Waals surface area (Å²) >= 11 is 0. The van der Waals surface area contributed by atoms with Gasteiger partial charge in [-0.3, -0.25) is 4.79 Å². The van der Waals surface area contributed by atoms with Crippen LogP contribution in [0.5, 0.6) is 5.75 Å². The molecule has 2 aromatic carbocycles. The maximum absolute atomic E-state index is 13.1. The summed E-state index contributed by atoms with van der Waals surface area (Å²) in [5.41, 5.74) is 3.39. The van der Waals surface area contributed by atoms with E-state index in [0.29, 0.717) is 19.5 Å². The molecule has 30 heavy (non-hydrogen) atoms. The van der Waals surface area contributed by atoms with Gasteiger partial charge < -0.3 is 14.2 Å². The van der Waals surface area contributed by atoms with E-state index in [1.54, 1.807) is 7.11 Å². The largest absolute Gasteiger partial charge is 0.497 e. The van der Waals surface area contributed by atoms with Gasteiger partial charge in [-0.05, 0) is 40.8 Å². The van der Waals surface area contributed by atoms with Gasteiger partial charge >= 0.3 is 0 Å². The van der Waals surface area contributed by atoms with Gasteiger partial charge in [0, 0.05) is 31.4 Å². The lowest BCUT2D eigenvalue weighted by Crippen LogP contribution is -2.33. The van der Waals surface area contributed by atoms with Gasteiger partial charge in [-0.15, -0.1) is 0 Å². The summed E-state index contributed by atoms with van der Waals surface area (Å²) in [7, 11) is 1.68. The second-order valence-corrected chi connectivity index (χ2v) is 8.95. The van der Waals surface area contributed by atoms with Crippen molar-refractivity contribution in [3.05, 3.63) is 89.7 Å². The molecule has 3 rings (SSSR count). The Morgan fingerprint density at radius 3 is 2.37 bits per heavy atom. The minimum atomic E-state index is -0.0470. The molecule has 3 aromatic rings. The fraction of sp³-hybridized carbons (Fsp3) is 0.346. The van der Waals surface area contributed by atoms with Crippen molar-refractivity contribution in [2.45, 2.75) is 46.8 Å². The fourth-order valence-corrected chi connectivity index (χ4v) is 3.51. The Kier molecular flexibility index (Phi) is 6.99. The zero-order valence-corrected chi connectivity index (χ0v) is 18.5. The monoisotopic (exact) mass is 404 g/mol. The maximum atomic E-state index is 13.1. The Balaban J connectivity index is 1.80. The predicted molar refractivity (Wildman–Crippen MR) is 121 cm³/mol. The first kappa shape index (κ1) is 21.7. The van der Waals surface area contributed by atoms with Crippen LogP contribution in [0.15, 0.2) is 72.9 Å². The van der Waals surface area contributed by atoms with E-state index in [0.717, 1.165) is 23.6 Å². The summed E-state index contributed by atoms with van der Waals surface area (Å²) in [6.07, 6.45) is 2.60. The van der Waals surface area contributed by atoms with Crippen molar-refractivity contribution in [3.63, 3.8) is 0 Å².